The molecule has 0 bridgehead atoms. The Balaban J connectivity index is 2.40. The van der Waals surface area contributed by atoms with E-state index in [4.69, 9.17) is 17.3 Å². The van der Waals surface area contributed by atoms with Gasteiger partial charge in [0.15, 0.2) is 5.82 Å². The summed E-state index contributed by atoms with van der Waals surface area (Å²) in [4.78, 5) is 4.03. The first-order chi connectivity index (χ1) is 8.41. The zero-order valence-electron chi connectivity index (χ0n) is 8.95. The Morgan fingerprint density at radius 2 is 2.06 bits per heavy atom. The zero-order valence-corrected chi connectivity index (χ0v) is 9.70. The molecular weight excluding hydrogens is 269 g/mol. The molecule has 4 nitrogen and oxygen atoms in total. The van der Waals surface area contributed by atoms with Crippen LogP contribution >= 0.6 is 11.6 Å². The monoisotopic (exact) mass is 276 g/mol. The molecule has 0 saturated carbocycles. The molecule has 0 fully saturated rings. The zero-order chi connectivity index (χ0) is 13.3. The molecule has 2 aromatic heterocycles. The fourth-order valence-corrected chi connectivity index (χ4v) is 1.52. The highest BCUT2D eigenvalue weighted by molar-refractivity contribution is 6.31. The maximum Gasteiger partial charge on any atom is 0.419 e. The third-order valence-electron chi connectivity index (χ3n) is 2.24. The second-order valence-electron chi connectivity index (χ2n) is 3.47. The van der Waals surface area contributed by atoms with E-state index >= 15 is 0 Å². The van der Waals surface area contributed by atoms with Gasteiger partial charge < -0.3 is 5.73 Å². The Hall–Kier alpha value is -1.60. The third kappa shape index (κ3) is 2.46. The Morgan fingerprint density at radius 3 is 2.61 bits per heavy atom. The second kappa shape index (κ2) is 4.58. The van der Waals surface area contributed by atoms with Gasteiger partial charge in [0.05, 0.1) is 22.5 Å². The quantitative estimate of drug-likeness (QED) is 0.916. The lowest BCUT2D eigenvalue weighted by Crippen LogP contribution is -2.06. The molecule has 2 aromatic rings. The molecule has 96 valence electrons. The summed E-state index contributed by atoms with van der Waals surface area (Å²) in [5.41, 5.74) is 4.98. The molecule has 0 unspecified atom stereocenters. The number of nitrogens with zero attached hydrogens (tertiary/aromatic N) is 3. The molecule has 2 heterocycles. The molecule has 8 heteroatoms. The largest absolute Gasteiger partial charge is 0.419 e. The van der Waals surface area contributed by atoms with Gasteiger partial charge in [0, 0.05) is 12.7 Å². The van der Waals surface area contributed by atoms with Crippen LogP contribution < -0.4 is 5.73 Å². The van der Waals surface area contributed by atoms with Gasteiger partial charge in [-0.25, -0.2) is 9.67 Å². The lowest BCUT2D eigenvalue weighted by atomic mass is 10.3. The normalized spacial score (nSPS) is 11.8. The van der Waals surface area contributed by atoms with Gasteiger partial charge in [-0.05, 0) is 12.1 Å². The summed E-state index contributed by atoms with van der Waals surface area (Å²) in [6, 6.07) is 2.98. The molecule has 18 heavy (non-hydrogen) atoms. The van der Waals surface area contributed by atoms with E-state index in [2.05, 4.69) is 10.1 Å². The van der Waals surface area contributed by atoms with Crippen molar-refractivity contribution in [3.05, 3.63) is 40.8 Å². The van der Waals surface area contributed by atoms with Gasteiger partial charge in [0.25, 0.3) is 0 Å². The summed E-state index contributed by atoms with van der Waals surface area (Å²) < 4.78 is 38.3. The average Bonchev–Trinajstić information content (AvgIpc) is 2.78. The van der Waals surface area contributed by atoms with Crippen LogP contribution in [-0.4, -0.2) is 14.8 Å². The van der Waals surface area contributed by atoms with Crippen molar-refractivity contribution in [3.63, 3.8) is 0 Å². The molecule has 0 saturated heterocycles. The van der Waals surface area contributed by atoms with Crippen molar-refractivity contribution in [3.8, 4) is 5.82 Å². The van der Waals surface area contributed by atoms with Crippen molar-refractivity contribution < 1.29 is 13.2 Å². The highest BCUT2D eigenvalue weighted by Gasteiger charge is 2.32. The lowest BCUT2D eigenvalue weighted by Gasteiger charge is -2.05. The Morgan fingerprint density at radius 1 is 1.33 bits per heavy atom. The van der Waals surface area contributed by atoms with E-state index in [0.717, 1.165) is 17.1 Å². The van der Waals surface area contributed by atoms with Crippen LogP contribution in [-0.2, 0) is 12.7 Å². The fourth-order valence-electron chi connectivity index (χ4n) is 1.34. The Kier molecular flexibility index (Phi) is 3.27. The lowest BCUT2D eigenvalue weighted by molar-refractivity contribution is -0.137. The number of hydrogen-bond acceptors (Lipinski definition) is 3. The van der Waals surface area contributed by atoms with Crippen LogP contribution in [0.15, 0.2) is 24.5 Å². The highest BCUT2D eigenvalue weighted by atomic mass is 35.5. The summed E-state index contributed by atoms with van der Waals surface area (Å²) in [6.45, 7) is 0.0973. The summed E-state index contributed by atoms with van der Waals surface area (Å²) in [5, 5.41) is 3.97. The van der Waals surface area contributed by atoms with Crippen LogP contribution in [0.3, 0.4) is 0 Å². The van der Waals surface area contributed by atoms with E-state index in [1.54, 1.807) is 0 Å². The number of rotatable bonds is 2. The number of halogens is 4. The predicted octanol–water partition coefficient (Wildman–Crippen LogP) is 2.40. The minimum absolute atomic E-state index is 0.0973. The average molecular weight is 277 g/mol. The van der Waals surface area contributed by atoms with E-state index in [1.165, 1.54) is 12.1 Å². The smallest absolute Gasteiger partial charge is 0.325 e. The van der Waals surface area contributed by atoms with Gasteiger partial charge in [-0.2, -0.15) is 18.3 Å². The number of hydrogen-bond donors (Lipinski definition) is 1. The van der Waals surface area contributed by atoms with E-state index in [1.807, 2.05) is 0 Å². The third-order valence-corrected chi connectivity index (χ3v) is 2.59. The molecule has 0 spiro atoms. The van der Waals surface area contributed by atoms with E-state index in [9.17, 15) is 13.2 Å². The van der Waals surface area contributed by atoms with Crippen LogP contribution in [0.2, 0.25) is 5.02 Å². The van der Waals surface area contributed by atoms with Crippen LogP contribution in [0.4, 0.5) is 13.2 Å². The van der Waals surface area contributed by atoms with Crippen molar-refractivity contribution in [2.45, 2.75) is 12.7 Å². The first-order valence-corrected chi connectivity index (χ1v) is 5.27. The maximum atomic E-state index is 12.4. The molecule has 2 rings (SSSR count). The SMILES string of the molecule is NCc1nc(-n2cc(C(F)(F)F)cn2)ccc1Cl. The van der Waals surface area contributed by atoms with Gasteiger partial charge in [-0.3, -0.25) is 0 Å². The topological polar surface area (TPSA) is 56.7 Å². The summed E-state index contributed by atoms with van der Waals surface area (Å²) in [6.07, 6.45) is -2.84. The molecular formula is C10H8ClF3N4. The maximum absolute atomic E-state index is 12.4. The van der Waals surface area contributed by atoms with Gasteiger partial charge in [-0.15, -0.1) is 0 Å². The molecule has 0 aliphatic rings. The van der Waals surface area contributed by atoms with E-state index in [0.29, 0.717) is 10.7 Å². The summed E-state index contributed by atoms with van der Waals surface area (Å²) in [5.74, 6) is 0.232. The highest BCUT2D eigenvalue weighted by Crippen LogP contribution is 2.29. The number of aromatic nitrogens is 3. The van der Waals surface area contributed by atoms with Gasteiger partial charge >= 0.3 is 6.18 Å². The summed E-state index contributed by atoms with van der Waals surface area (Å²) in [7, 11) is 0. The van der Waals surface area contributed by atoms with Gasteiger partial charge in [0.2, 0.25) is 0 Å². The number of alkyl halides is 3. The molecule has 0 aromatic carbocycles. The van der Waals surface area contributed by atoms with Gasteiger partial charge in [0.1, 0.15) is 0 Å². The van der Waals surface area contributed by atoms with E-state index < -0.39 is 11.7 Å². The van der Waals surface area contributed by atoms with Crippen LogP contribution in [0, 0.1) is 0 Å². The Bertz CT molecular complexity index is 564. The Labute approximate surface area is 105 Å². The standard InChI is InChI=1S/C10H8ClF3N4/c11-7-1-2-9(17-8(7)3-15)18-5-6(4-16-18)10(12,13)14/h1-2,4-5H,3,15H2. The molecule has 0 radical (unpaired) electrons. The van der Waals surface area contributed by atoms with Crippen molar-refractivity contribution in [1.82, 2.24) is 14.8 Å². The van der Waals surface area contributed by atoms with Crippen molar-refractivity contribution in [2.75, 3.05) is 0 Å². The van der Waals surface area contributed by atoms with Gasteiger partial charge in [-0.1, -0.05) is 11.6 Å². The molecule has 0 aliphatic carbocycles. The first-order valence-electron chi connectivity index (χ1n) is 4.89. The molecule has 0 aliphatic heterocycles. The van der Waals surface area contributed by atoms with Crippen LogP contribution in [0.5, 0.6) is 0 Å². The number of nitrogens with two attached hydrogens (primary N) is 1. The number of pyridine rings is 1. The fraction of sp³-hybridized carbons (Fsp3) is 0.200. The predicted molar refractivity (Wildman–Crippen MR) is 59.3 cm³/mol. The minimum atomic E-state index is -4.43. The minimum Gasteiger partial charge on any atom is -0.325 e. The van der Waals surface area contributed by atoms with Crippen LogP contribution in [0.1, 0.15) is 11.3 Å². The van der Waals surface area contributed by atoms with Crippen molar-refractivity contribution in [2.24, 2.45) is 5.73 Å². The van der Waals surface area contributed by atoms with Crippen LogP contribution in [0.25, 0.3) is 5.82 Å². The van der Waals surface area contributed by atoms with Crippen molar-refractivity contribution >= 4 is 11.6 Å². The van der Waals surface area contributed by atoms with Crippen molar-refractivity contribution in [1.29, 1.82) is 0 Å². The molecule has 2 N–H and O–H groups in total. The van der Waals surface area contributed by atoms with E-state index in [-0.39, 0.29) is 12.4 Å². The summed E-state index contributed by atoms with van der Waals surface area (Å²) >= 11 is 5.81. The molecule has 0 atom stereocenters. The second-order valence-corrected chi connectivity index (χ2v) is 3.88. The molecule has 0 amide bonds. The first kappa shape index (κ1) is 12.8.